The van der Waals surface area contributed by atoms with Gasteiger partial charge in [0.2, 0.25) is 0 Å². The van der Waals surface area contributed by atoms with Crippen molar-refractivity contribution in [3.63, 3.8) is 0 Å². The first kappa shape index (κ1) is 10.9. The number of carboxylic acids is 1. The van der Waals surface area contributed by atoms with Gasteiger partial charge in [-0.2, -0.15) is 0 Å². The number of benzene rings is 1. The minimum Gasteiger partial charge on any atom is -0.478 e. The van der Waals surface area contributed by atoms with E-state index in [2.05, 4.69) is 10.2 Å². The van der Waals surface area contributed by atoms with Crippen LogP contribution in [0.25, 0.3) is 0 Å². The highest BCUT2D eigenvalue weighted by Crippen LogP contribution is 2.18. The summed E-state index contributed by atoms with van der Waals surface area (Å²) in [7, 11) is 3.31. The second-order valence-corrected chi connectivity index (χ2v) is 3.74. The number of rotatable bonds is 1. The lowest BCUT2D eigenvalue weighted by Gasteiger charge is -2.13. The predicted octanol–water partition coefficient (Wildman–Crippen LogP) is 1.24. The van der Waals surface area contributed by atoms with Crippen LogP contribution >= 0.6 is 0 Å². The van der Waals surface area contributed by atoms with E-state index in [4.69, 9.17) is 5.11 Å². The molecule has 73 valence electrons. The fourth-order valence-electron chi connectivity index (χ4n) is 1.36. The topological polar surface area (TPSA) is 37.3 Å². The number of hydrogen-bond donors (Lipinski definition) is 1. The molecule has 4 heteroatoms. The van der Waals surface area contributed by atoms with Crippen molar-refractivity contribution in [3.8, 4) is 0 Å². The number of halogens is 1. The summed E-state index contributed by atoms with van der Waals surface area (Å²) in [5.74, 6) is -1.88. The zero-order valence-corrected chi connectivity index (χ0v) is 9.23. The van der Waals surface area contributed by atoms with Gasteiger partial charge < -0.3 is 5.11 Å². The largest absolute Gasteiger partial charge is 0.478 e. The van der Waals surface area contributed by atoms with Crippen molar-refractivity contribution in [2.45, 2.75) is 20.8 Å². The van der Waals surface area contributed by atoms with Gasteiger partial charge >= 0.3 is 5.97 Å². The quantitative estimate of drug-likeness (QED) is 0.707. The Labute approximate surface area is 85.2 Å². The van der Waals surface area contributed by atoms with Gasteiger partial charge in [0.1, 0.15) is 5.82 Å². The van der Waals surface area contributed by atoms with Crippen LogP contribution in [-0.4, -0.2) is 21.3 Å². The molecule has 2 nitrogen and oxygen atoms in total. The first-order valence-corrected chi connectivity index (χ1v) is 4.62. The molecule has 0 aliphatic heterocycles. The Morgan fingerprint density at radius 2 is 1.71 bits per heavy atom. The smallest absolute Gasteiger partial charge is 0.338 e. The summed E-state index contributed by atoms with van der Waals surface area (Å²) in [5.41, 5.74) is 1.28. The van der Waals surface area contributed by atoms with Gasteiger partial charge in [-0.05, 0) is 37.5 Å². The van der Waals surface area contributed by atoms with E-state index >= 15 is 0 Å². The third-order valence-corrected chi connectivity index (χ3v) is 3.20. The second kappa shape index (κ2) is 3.53. The van der Waals surface area contributed by atoms with Gasteiger partial charge in [0.25, 0.3) is 0 Å². The molecule has 0 bridgehead atoms. The summed E-state index contributed by atoms with van der Waals surface area (Å²) in [4.78, 5) is 10.8. The van der Waals surface area contributed by atoms with Crippen LogP contribution in [0.3, 0.4) is 0 Å². The SMILES string of the molecule is Cc1c(C)c([Si])c(C)c(C(=O)O)c1F. The summed E-state index contributed by atoms with van der Waals surface area (Å²) < 4.78 is 13.6. The fourth-order valence-corrected chi connectivity index (χ4v) is 1.68. The van der Waals surface area contributed by atoms with Crippen LogP contribution in [0.1, 0.15) is 27.0 Å². The Bertz CT molecular complexity index is 384. The number of aromatic carboxylic acids is 1. The van der Waals surface area contributed by atoms with Gasteiger partial charge in [-0.25, -0.2) is 9.18 Å². The van der Waals surface area contributed by atoms with E-state index < -0.39 is 11.8 Å². The Balaban J connectivity index is 3.68. The minimum atomic E-state index is -1.23. The van der Waals surface area contributed by atoms with Crippen LogP contribution in [0.5, 0.6) is 0 Å². The molecule has 0 amide bonds. The molecule has 0 fully saturated rings. The van der Waals surface area contributed by atoms with Crippen LogP contribution < -0.4 is 5.19 Å². The van der Waals surface area contributed by atoms with Crippen molar-refractivity contribution in [1.82, 2.24) is 0 Å². The number of hydrogen-bond acceptors (Lipinski definition) is 1. The Morgan fingerprint density at radius 3 is 2.14 bits per heavy atom. The second-order valence-electron chi connectivity index (χ2n) is 3.24. The van der Waals surface area contributed by atoms with Crippen LogP contribution in [0.2, 0.25) is 0 Å². The number of carbonyl (C=O) groups is 1. The molecule has 0 saturated heterocycles. The number of carboxylic acid groups (broad SMARTS) is 1. The third-order valence-electron chi connectivity index (χ3n) is 2.45. The lowest BCUT2D eigenvalue weighted by molar-refractivity contribution is 0.0691. The molecule has 0 aliphatic carbocycles. The fraction of sp³-hybridized carbons (Fsp3) is 0.300. The van der Waals surface area contributed by atoms with Gasteiger partial charge in [-0.1, -0.05) is 5.19 Å². The monoisotopic (exact) mass is 209 g/mol. The van der Waals surface area contributed by atoms with Gasteiger partial charge in [0.15, 0.2) is 0 Å². The highest BCUT2D eigenvalue weighted by Gasteiger charge is 2.19. The highest BCUT2D eigenvalue weighted by molar-refractivity contribution is 6.35. The maximum Gasteiger partial charge on any atom is 0.338 e. The van der Waals surface area contributed by atoms with E-state index in [0.717, 1.165) is 5.56 Å². The molecule has 0 saturated carbocycles. The van der Waals surface area contributed by atoms with Crippen molar-refractivity contribution < 1.29 is 14.3 Å². The van der Waals surface area contributed by atoms with Crippen LogP contribution in [-0.2, 0) is 0 Å². The molecule has 3 radical (unpaired) electrons. The normalized spacial score (nSPS) is 10.4. The maximum absolute atomic E-state index is 13.6. The zero-order chi connectivity index (χ0) is 11.0. The molecule has 1 aromatic carbocycles. The van der Waals surface area contributed by atoms with Crippen LogP contribution in [0.15, 0.2) is 0 Å². The molecule has 0 aromatic heterocycles. The molecule has 0 atom stereocenters. The highest BCUT2D eigenvalue weighted by atomic mass is 28.1. The molecular weight excluding hydrogens is 199 g/mol. The van der Waals surface area contributed by atoms with Gasteiger partial charge in [0, 0.05) is 0 Å². The van der Waals surface area contributed by atoms with Crippen molar-refractivity contribution in [2.24, 2.45) is 0 Å². The molecule has 1 aromatic rings. The molecule has 0 unspecified atom stereocenters. The van der Waals surface area contributed by atoms with Crippen LogP contribution in [0.4, 0.5) is 4.39 Å². The lowest BCUT2D eigenvalue weighted by atomic mass is 9.99. The van der Waals surface area contributed by atoms with E-state index in [1.807, 2.05) is 0 Å². The summed E-state index contributed by atoms with van der Waals surface area (Å²) in [6.07, 6.45) is 0. The average Bonchev–Trinajstić information content (AvgIpc) is 2.11. The Kier molecular flexibility index (Phi) is 2.75. The van der Waals surface area contributed by atoms with Crippen LogP contribution in [0, 0.1) is 26.6 Å². The Hall–Kier alpha value is -1.16. The minimum absolute atomic E-state index is 0.252. The third kappa shape index (κ3) is 1.46. The lowest BCUT2D eigenvalue weighted by Crippen LogP contribution is -2.20. The summed E-state index contributed by atoms with van der Waals surface area (Å²) in [6, 6.07) is 0. The van der Waals surface area contributed by atoms with Gasteiger partial charge in [0.05, 0.1) is 15.8 Å². The van der Waals surface area contributed by atoms with Crippen molar-refractivity contribution in [3.05, 3.63) is 28.1 Å². The Morgan fingerprint density at radius 1 is 1.21 bits per heavy atom. The van der Waals surface area contributed by atoms with E-state index in [9.17, 15) is 9.18 Å². The van der Waals surface area contributed by atoms with Crippen molar-refractivity contribution >= 4 is 21.4 Å². The molecule has 0 heterocycles. The molecule has 0 spiro atoms. The van der Waals surface area contributed by atoms with Crippen molar-refractivity contribution in [2.75, 3.05) is 0 Å². The average molecular weight is 209 g/mol. The standard InChI is InChI=1S/C10H10FO2Si/c1-4-5(2)9(14)6(3)7(8(4)11)10(12)13/h1-3H3,(H,12,13). The zero-order valence-electron chi connectivity index (χ0n) is 8.23. The first-order chi connectivity index (χ1) is 6.37. The molecule has 1 N–H and O–H groups in total. The molecular formula is C10H10FO2Si. The van der Waals surface area contributed by atoms with E-state index in [1.54, 1.807) is 20.8 Å². The summed E-state index contributed by atoms with van der Waals surface area (Å²) >= 11 is 0. The summed E-state index contributed by atoms with van der Waals surface area (Å²) in [6.45, 7) is 4.90. The van der Waals surface area contributed by atoms with Crippen molar-refractivity contribution in [1.29, 1.82) is 0 Å². The molecule has 14 heavy (non-hydrogen) atoms. The first-order valence-electron chi connectivity index (χ1n) is 4.12. The predicted molar refractivity (Wildman–Crippen MR) is 53.0 cm³/mol. The van der Waals surface area contributed by atoms with E-state index in [1.165, 1.54) is 0 Å². The van der Waals surface area contributed by atoms with E-state index in [0.29, 0.717) is 16.3 Å². The molecule has 0 aliphatic rings. The van der Waals surface area contributed by atoms with E-state index in [-0.39, 0.29) is 5.56 Å². The molecule has 1 rings (SSSR count). The summed E-state index contributed by atoms with van der Waals surface area (Å²) in [5, 5.41) is 9.48. The van der Waals surface area contributed by atoms with Gasteiger partial charge in [-0.15, -0.1) is 0 Å². The van der Waals surface area contributed by atoms with Gasteiger partial charge in [-0.3, -0.25) is 0 Å². The maximum atomic E-state index is 13.6.